The van der Waals surface area contributed by atoms with Gasteiger partial charge in [-0.3, -0.25) is 0 Å². The second-order valence-electron chi connectivity index (χ2n) is 2.05. The highest BCUT2D eigenvalue weighted by atomic mass is 35.5. The highest BCUT2D eigenvalue weighted by Crippen LogP contribution is 2.37. The van der Waals surface area contributed by atoms with Crippen LogP contribution in [0.1, 0.15) is 0 Å². The average molecular weight is 247 g/mol. The van der Waals surface area contributed by atoms with E-state index in [1.807, 2.05) is 0 Å². The largest absolute Gasteiger partial charge is 0.433 e. The third-order valence-corrected chi connectivity index (χ3v) is 2.49. The molecule has 13 heavy (non-hydrogen) atoms. The van der Waals surface area contributed by atoms with Gasteiger partial charge in [-0.2, -0.15) is 8.78 Å². The lowest BCUT2D eigenvalue weighted by atomic mass is 10.3. The molecule has 0 spiro atoms. The monoisotopic (exact) mass is 246 g/mol. The molecule has 0 saturated heterocycles. The Balaban J connectivity index is 3.04. The lowest BCUT2D eigenvalue weighted by Gasteiger charge is -2.07. The van der Waals surface area contributed by atoms with Gasteiger partial charge in [0, 0.05) is 0 Å². The van der Waals surface area contributed by atoms with Gasteiger partial charge in [0.1, 0.15) is 10.8 Å². The Labute approximate surface area is 88.2 Å². The molecule has 0 saturated carbocycles. The van der Waals surface area contributed by atoms with Crippen molar-refractivity contribution in [1.82, 2.24) is 0 Å². The molecule has 0 atom stereocenters. The highest BCUT2D eigenvalue weighted by Gasteiger charge is 2.13. The van der Waals surface area contributed by atoms with Crippen molar-refractivity contribution in [3.63, 3.8) is 0 Å². The summed E-state index contributed by atoms with van der Waals surface area (Å²) in [5.74, 6) is -0.189. The minimum absolute atomic E-state index is 0.00137. The Kier molecular flexibility index (Phi) is 3.59. The van der Waals surface area contributed by atoms with Crippen molar-refractivity contribution >= 4 is 34.8 Å². The van der Waals surface area contributed by atoms with E-state index in [1.165, 1.54) is 12.1 Å². The minimum Gasteiger partial charge on any atom is -0.433 e. The molecule has 0 fully saturated rings. The van der Waals surface area contributed by atoms with Gasteiger partial charge in [-0.1, -0.05) is 34.8 Å². The molecule has 0 N–H and O–H groups in total. The van der Waals surface area contributed by atoms with Crippen molar-refractivity contribution < 1.29 is 13.5 Å². The normalized spacial score (nSPS) is 10.6. The van der Waals surface area contributed by atoms with Crippen LogP contribution in [-0.4, -0.2) is 6.61 Å². The summed E-state index contributed by atoms with van der Waals surface area (Å²) >= 11 is 16.7. The number of hydrogen-bond acceptors (Lipinski definition) is 1. The summed E-state index contributed by atoms with van der Waals surface area (Å²) in [5, 5.41) is 0.0734. The van der Waals surface area contributed by atoms with Gasteiger partial charge in [0.05, 0.1) is 10.0 Å². The Morgan fingerprint density at radius 2 is 1.69 bits per heavy atom. The van der Waals surface area contributed by atoms with Crippen molar-refractivity contribution in [3.05, 3.63) is 27.2 Å². The van der Waals surface area contributed by atoms with Crippen LogP contribution >= 0.6 is 34.8 Å². The van der Waals surface area contributed by atoms with Gasteiger partial charge in [0.25, 0.3) is 0 Å². The zero-order valence-electron chi connectivity index (χ0n) is 6.03. The maximum Gasteiger partial charge on any atom is 0.387 e. The van der Waals surface area contributed by atoms with Crippen molar-refractivity contribution in [2.75, 3.05) is 0 Å². The summed E-state index contributed by atoms with van der Waals surface area (Å²) in [6.45, 7) is -2.94. The fourth-order valence-corrected chi connectivity index (χ4v) is 1.27. The Morgan fingerprint density at radius 1 is 1.08 bits per heavy atom. The van der Waals surface area contributed by atoms with E-state index in [0.717, 1.165) is 0 Å². The average Bonchev–Trinajstić information content (AvgIpc) is 2.06. The van der Waals surface area contributed by atoms with E-state index in [2.05, 4.69) is 4.74 Å². The molecule has 0 amide bonds. The molecule has 0 aliphatic carbocycles. The Bertz CT molecular complexity index is 317. The summed E-state index contributed by atoms with van der Waals surface area (Å²) in [4.78, 5) is 0. The van der Waals surface area contributed by atoms with E-state index in [0.29, 0.717) is 0 Å². The molecule has 1 aromatic carbocycles. The van der Waals surface area contributed by atoms with E-state index in [1.54, 1.807) is 0 Å². The topological polar surface area (TPSA) is 9.23 Å². The number of benzene rings is 1. The summed E-state index contributed by atoms with van der Waals surface area (Å²) in [5.41, 5.74) is 0. The quantitative estimate of drug-likeness (QED) is 0.710. The molecule has 1 aromatic rings. The molecular formula is C7H3Cl3F2O. The SMILES string of the molecule is FC(F)Oc1ccc(Cl)c(Cl)c1Cl. The van der Waals surface area contributed by atoms with Crippen LogP contribution in [0.5, 0.6) is 5.75 Å². The standard InChI is InChI=1S/C7H3Cl3F2O/c8-3-1-2-4(13-7(11)12)6(10)5(3)9/h1-2,7H. The molecule has 0 aliphatic rings. The fourth-order valence-electron chi connectivity index (χ4n) is 0.695. The van der Waals surface area contributed by atoms with Crippen LogP contribution in [0.2, 0.25) is 15.1 Å². The van der Waals surface area contributed by atoms with Crippen molar-refractivity contribution in [2.24, 2.45) is 0 Å². The van der Waals surface area contributed by atoms with E-state index in [9.17, 15) is 8.78 Å². The maximum atomic E-state index is 11.8. The predicted molar refractivity (Wildman–Crippen MR) is 48.1 cm³/mol. The first kappa shape index (κ1) is 10.8. The van der Waals surface area contributed by atoms with Gasteiger partial charge >= 0.3 is 6.61 Å². The van der Waals surface area contributed by atoms with Crippen LogP contribution in [0.15, 0.2) is 12.1 Å². The first-order valence-corrected chi connectivity index (χ1v) is 4.24. The van der Waals surface area contributed by atoms with Gasteiger partial charge in [0.15, 0.2) is 0 Å². The van der Waals surface area contributed by atoms with Crippen LogP contribution in [0, 0.1) is 0 Å². The second kappa shape index (κ2) is 4.31. The van der Waals surface area contributed by atoms with Gasteiger partial charge in [-0.05, 0) is 12.1 Å². The lowest BCUT2D eigenvalue weighted by molar-refractivity contribution is -0.0497. The summed E-state index contributed by atoms with van der Waals surface area (Å²) in [6.07, 6.45) is 0. The second-order valence-corrected chi connectivity index (χ2v) is 3.22. The Morgan fingerprint density at radius 3 is 2.23 bits per heavy atom. The molecule has 0 aromatic heterocycles. The third-order valence-electron chi connectivity index (χ3n) is 1.22. The summed E-state index contributed by atoms with van der Waals surface area (Å²) in [7, 11) is 0. The summed E-state index contributed by atoms with van der Waals surface area (Å²) < 4.78 is 27.6. The Hall–Kier alpha value is -0.250. The van der Waals surface area contributed by atoms with Gasteiger partial charge in [-0.25, -0.2) is 0 Å². The van der Waals surface area contributed by atoms with Crippen LogP contribution in [0.4, 0.5) is 8.78 Å². The van der Waals surface area contributed by atoms with E-state index in [-0.39, 0.29) is 20.8 Å². The van der Waals surface area contributed by atoms with E-state index in [4.69, 9.17) is 34.8 Å². The van der Waals surface area contributed by atoms with Crippen LogP contribution < -0.4 is 4.74 Å². The minimum atomic E-state index is -2.94. The molecule has 1 nitrogen and oxygen atoms in total. The highest BCUT2D eigenvalue weighted by molar-refractivity contribution is 6.48. The number of alkyl halides is 2. The first-order valence-electron chi connectivity index (χ1n) is 3.10. The first-order chi connectivity index (χ1) is 6.02. The zero-order chi connectivity index (χ0) is 10.0. The fraction of sp³-hybridized carbons (Fsp3) is 0.143. The number of hydrogen-bond donors (Lipinski definition) is 0. The van der Waals surface area contributed by atoms with Gasteiger partial charge < -0.3 is 4.74 Å². The van der Waals surface area contributed by atoms with Crippen LogP contribution in [0.3, 0.4) is 0 Å². The number of halogens is 5. The molecule has 72 valence electrons. The van der Waals surface area contributed by atoms with Crippen LogP contribution in [-0.2, 0) is 0 Å². The zero-order valence-corrected chi connectivity index (χ0v) is 8.30. The molecule has 0 heterocycles. The third kappa shape index (κ3) is 2.59. The predicted octanol–water partition coefficient (Wildman–Crippen LogP) is 4.25. The van der Waals surface area contributed by atoms with Crippen molar-refractivity contribution in [2.45, 2.75) is 6.61 Å². The van der Waals surface area contributed by atoms with Crippen molar-refractivity contribution in [1.29, 1.82) is 0 Å². The number of ether oxygens (including phenoxy) is 1. The smallest absolute Gasteiger partial charge is 0.387 e. The molecule has 0 aliphatic heterocycles. The molecule has 0 unspecified atom stereocenters. The molecular weight excluding hydrogens is 244 g/mol. The van der Waals surface area contributed by atoms with Gasteiger partial charge in [0.2, 0.25) is 0 Å². The van der Waals surface area contributed by atoms with E-state index < -0.39 is 6.61 Å². The molecule has 0 radical (unpaired) electrons. The number of rotatable bonds is 2. The lowest BCUT2D eigenvalue weighted by Crippen LogP contribution is -2.02. The van der Waals surface area contributed by atoms with Gasteiger partial charge in [-0.15, -0.1) is 0 Å². The molecule has 0 bridgehead atoms. The van der Waals surface area contributed by atoms with Crippen molar-refractivity contribution in [3.8, 4) is 5.75 Å². The maximum absolute atomic E-state index is 11.8. The summed E-state index contributed by atoms with van der Waals surface area (Å²) in [6, 6.07) is 2.55. The van der Waals surface area contributed by atoms with E-state index >= 15 is 0 Å². The van der Waals surface area contributed by atoms with Crippen LogP contribution in [0.25, 0.3) is 0 Å². The molecule has 1 rings (SSSR count). The molecule has 6 heteroatoms.